The van der Waals surface area contributed by atoms with Gasteiger partial charge in [-0.2, -0.15) is 0 Å². The third-order valence-electron chi connectivity index (χ3n) is 4.82. The molecule has 25 heavy (non-hydrogen) atoms. The molecule has 3 rings (SSSR count). The van der Waals surface area contributed by atoms with Crippen molar-refractivity contribution < 1.29 is 4.79 Å². The van der Waals surface area contributed by atoms with Crippen molar-refractivity contribution in [3.63, 3.8) is 0 Å². The first-order chi connectivity index (χ1) is 11.8. The summed E-state index contributed by atoms with van der Waals surface area (Å²) in [5.41, 5.74) is 7.65. The van der Waals surface area contributed by atoms with Gasteiger partial charge in [0.05, 0.1) is 29.4 Å². The van der Waals surface area contributed by atoms with Gasteiger partial charge in [-0.05, 0) is 39.0 Å². The highest BCUT2D eigenvalue weighted by molar-refractivity contribution is 7.80. The lowest BCUT2D eigenvalue weighted by Gasteiger charge is -2.39. The Kier molecular flexibility index (Phi) is 4.36. The van der Waals surface area contributed by atoms with Crippen LogP contribution in [0.15, 0.2) is 44.9 Å². The maximum absolute atomic E-state index is 13.2. The quantitative estimate of drug-likeness (QED) is 0.644. The zero-order valence-electron chi connectivity index (χ0n) is 14.9. The summed E-state index contributed by atoms with van der Waals surface area (Å²) in [6.07, 6.45) is 3.13. The number of amides is 1. The largest absolute Gasteiger partial charge is 0.404 e. The summed E-state index contributed by atoms with van der Waals surface area (Å²) in [6, 6.07) is 5.76. The average molecular weight is 357 g/mol. The number of carbonyl (C=O) groups excluding carboxylic acids is 1. The van der Waals surface area contributed by atoms with Gasteiger partial charge < -0.3 is 10.6 Å². The second kappa shape index (κ2) is 6.22. The molecule has 1 aromatic carbocycles. The molecule has 0 radical (unpaired) electrons. The molecule has 2 aliphatic rings. The summed E-state index contributed by atoms with van der Waals surface area (Å²) in [7, 11) is 1.68. The molecule has 0 saturated carbocycles. The van der Waals surface area contributed by atoms with E-state index in [0.29, 0.717) is 18.1 Å². The molecule has 1 atom stereocenters. The SMILES string of the molecule is CN=C/C(=C\N)CN1C(=O)c2cc(S)ccc2N2C1=NC(C)(C)[C@@H]2C. The molecule has 1 aromatic rings. The Morgan fingerprint density at radius 2 is 2.20 bits per heavy atom. The number of hydrogen-bond acceptors (Lipinski definition) is 6. The van der Waals surface area contributed by atoms with E-state index in [9.17, 15) is 4.79 Å². The fourth-order valence-corrected chi connectivity index (χ4v) is 3.37. The van der Waals surface area contributed by atoms with Crippen molar-refractivity contribution >= 4 is 36.4 Å². The van der Waals surface area contributed by atoms with Crippen LogP contribution < -0.4 is 10.6 Å². The van der Waals surface area contributed by atoms with Crippen LogP contribution in [0.5, 0.6) is 0 Å². The van der Waals surface area contributed by atoms with E-state index in [4.69, 9.17) is 10.7 Å². The van der Waals surface area contributed by atoms with Gasteiger partial charge >= 0.3 is 0 Å². The fraction of sp³-hybridized carbons (Fsp3) is 0.389. The van der Waals surface area contributed by atoms with E-state index in [-0.39, 0.29) is 17.5 Å². The average Bonchev–Trinajstić information content (AvgIpc) is 2.80. The van der Waals surface area contributed by atoms with Gasteiger partial charge in [-0.15, -0.1) is 12.6 Å². The van der Waals surface area contributed by atoms with Gasteiger partial charge in [0.2, 0.25) is 5.96 Å². The number of aliphatic imine (C=N–C) groups is 2. The molecule has 2 heterocycles. The van der Waals surface area contributed by atoms with E-state index in [1.807, 2.05) is 18.2 Å². The first-order valence-electron chi connectivity index (χ1n) is 8.17. The Morgan fingerprint density at radius 3 is 2.84 bits per heavy atom. The monoisotopic (exact) mass is 357 g/mol. The summed E-state index contributed by atoms with van der Waals surface area (Å²) >= 11 is 4.39. The van der Waals surface area contributed by atoms with E-state index in [1.54, 1.807) is 18.2 Å². The van der Waals surface area contributed by atoms with Crippen molar-refractivity contribution in [1.29, 1.82) is 0 Å². The van der Waals surface area contributed by atoms with Crippen LogP contribution in [0, 0.1) is 0 Å². The van der Waals surface area contributed by atoms with E-state index >= 15 is 0 Å². The van der Waals surface area contributed by atoms with E-state index < -0.39 is 0 Å². The number of guanidine groups is 1. The number of rotatable bonds is 3. The maximum Gasteiger partial charge on any atom is 0.263 e. The van der Waals surface area contributed by atoms with Gasteiger partial charge in [0, 0.05) is 29.9 Å². The van der Waals surface area contributed by atoms with Crippen LogP contribution in [0.4, 0.5) is 5.69 Å². The van der Waals surface area contributed by atoms with Gasteiger partial charge in [0.1, 0.15) is 0 Å². The zero-order valence-corrected chi connectivity index (χ0v) is 15.8. The van der Waals surface area contributed by atoms with Crippen molar-refractivity contribution in [2.24, 2.45) is 15.7 Å². The predicted octanol–water partition coefficient (Wildman–Crippen LogP) is 2.32. The molecule has 0 spiro atoms. The van der Waals surface area contributed by atoms with Crippen LogP contribution in [0.25, 0.3) is 0 Å². The smallest absolute Gasteiger partial charge is 0.263 e. The third kappa shape index (κ3) is 2.82. The molecule has 1 amide bonds. The van der Waals surface area contributed by atoms with Gasteiger partial charge in [-0.25, -0.2) is 4.99 Å². The minimum absolute atomic E-state index is 0.102. The number of anilines is 1. The maximum atomic E-state index is 13.2. The van der Waals surface area contributed by atoms with Crippen LogP contribution in [0.3, 0.4) is 0 Å². The van der Waals surface area contributed by atoms with Gasteiger partial charge in [0.15, 0.2) is 0 Å². The summed E-state index contributed by atoms with van der Waals surface area (Å²) in [5, 5.41) is 0. The molecule has 0 aliphatic carbocycles. The lowest BCUT2D eigenvalue weighted by molar-refractivity contribution is 0.0850. The van der Waals surface area contributed by atoms with Crippen LogP contribution in [-0.4, -0.2) is 48.2 Å². The summed E-state index contributed by atoms with van der Waals surface area (Å²) in [6.45, 7) is 6.59. The molecule has 6 nitrogen and oxygen atoms in total. The van der Waals surface area contributed by atoms with Gasteiger partial charge in [-0.1, -0.05) is 0 Å². The van der Waals surface area contributed by atoms with Crippen LogP contribution in [0.1, 0.15) is 31.1 Å². The Labute approximate surface area is 153 Å². The highest BCUT2D eigenvalue weighted by Gasteiger charge is 2.47. The number of thiol groups is 1. The number of carbonyl (C=O) groups is 1. The Bertz CT molecular complexity index is 812. The van der Waals surface area contributed by atoms with Gasteiger partial charge in [0.25, 0.3) is 5.91 Å². The van der Waals surface area contributed by atoms with E-state index in [1.165, 1.54) is 6.20 Å². The number of nitrogens with zero attached hydrogens (tertiary/aromatic N) is 4. The fourth-order valence-electron chi connectivity index (χ4n) is 3.17. The Morgan fingerprint density at radius 1 is 1.48 bits per heavy atom. The number of fused-ring (bicyclic) bond motifs is 3. The summed E-state index contributed by atoms with van der Waals surface area (Å²) < 4.78 is 0. The first-order valence-corrected chi connectivity index (χ1v) is 8.61. The molecular weight excluding hydrogens is 334 g/mol. The molecule has 0 fully saturated rings. The molecular formula is C18H23N5OS. The van der Waals surface area contributed by atoms with Crippen molar-refractivity contribution in [3.8, 4) is 0 Å². The Hall–Kier alpha value is -2.28. The molecule has 0 bridgehead atoms. The first kappa shape index (κ1) is 17.5. The minimum Gasteiger partial charge on any atom is -0.404 e. The van der Waals surface area contributed by atoms with Crippen LogP contribution >= 0.6 is 12.6 Å². The molecule has 2 N–H and O–H groups in total. The lowest BCUT2D eigenvalue weighted by atomic mass is 9.96. The van der Waals surface area contributed by atoms with Gasteiger partial charge in [-0.3, -0.25) is 14.7 Å². The van der Waals surface area contributed by atoms with Crippen molar-refractivity contribution in [3.05, 3.63) is 35.5 Å². The molecule has 132 valence electrons. The van der Waals surface area contributed by atoms with Crippen LogP contribution in [0.2, 0.25) is 0 Å². The third-order valence-corrected chi connectivity index (χ3v) is 5.10. The van der Waals surface area contributed by atoms with Crippen molar-refractivity contribution in [1.82, 2.24) is 4.90 Å². The second-order valence-corrected chi connectivity index (χ2v) is 7.35. The summed E-state index contributed by atoms with van der Waals surface area (Å²) in [4.78, 5) is 26.6. The predicted molar refractivity (Wildman–Crippen MR) is 105 cm³/mol. The van der Waals surface area contributed by atoms with Crippen LogP contribution in [-0.2, 0) is 0 Å². The van der Waals surface area contributed by atoms with E-state index in [2.05, 4.69) is 43.3 Å². The topological polar surface area (TPSA) is 74.3 Å². The standard InChI is InChI=1S/C18H23N5OS/c1-11-18(2,3)21-17-22(10-12(8-19)9-20-4)16(24)14-7-13(25)5-6-15(14)23(11)17/h5-9,11,25H,10,19H2,1-4H3/b12-8+,20-9?/t11-/m0/s1. The molecule has 0 aromatic heterocycles. The molecule has 0 unspecified atom stereocenters. The molecule has 2 aliphatic heterocycles. The molecule has 0 saturated heterocycles. The highest BCUT2D eigenvalue weighted by atomic mass is 32.1. The lowest BCUT2D eigenvalue weighted by Crippen LogP contribution is -2.54. The highest BCUT2D eigenvalue weighted by Crippen LogP contribution is 2.39. The number of nitrogens with two attached hydrogens (primary N) is 1. The zero-order chi connectivity index (χ0) is 18.4. The normalized spacial score (nSPS) is 22.3. The molecule has 7 heteroatoms. The minimum atomic E-state index is -0.305. The van der Waals surface area contributed by atoms with Crippen molar-refractivity contribution in [2.45, 2.75) is 37.2 Å². The van der Waals surface area contributed by atoms with Crippen molar-refractivity contribution in [2.75, 3.05) is 18.5 Å². The Balaban J connectivity index is 2.14. The summed E-state index contributed by atoms with van der Waals surface area (Å²) in [5.74, 6) is 0.556. The number of benzene rings is 1. The van der Waals surface area contributed by atoms with E-state index in [0.717, 1.165) is 16.2 Å². The second-order valence-electron chi connectivity index (χ2n) is 6.83. The number of hydrogen-bond donors (Lipinski definition) is 2.